The van der Waals surface area contributed by atoms with E-state index in [0.29, 0.717) is 0 Å². The van der Waals surface area contributed by atoms with E-state index in [0.717, 1.165) is 25.7 Å². The zero-order valence-corrected chi connectivity index (χ0v) is 8.55. The molecule has 3 heteroatoms. The smallest absolute Gasteiger partial charge is 0.223 e. The summed E-state index contributed by atoms with van der Waals surface area (Å²) in [5, 5.41) is 2.94. The lowest BCUT2D eigenvalue weighted by Gasteiger charge is -2.26. The van der Waals surface area contributed by atoms with Gasteiger partial charge in [0.25, 0.3) is 0 Å². The van der Waals surface area contributed by atoms with Crippen molar-refractivity contribution in [2.45, 2.75) is 51.6 Å². The molecule has 0 aliphatic heterocycles. The molecular weight excluding hydrogens is 164 g/mol. The van der Waals surface area contributed by atoms with Crippen LogP contribution < -0.4 is 11.1 Å². The highest BCUT2D eigenvalue weighted by Crippen LogP contribution is 2.23. The van der Waals surface area contributed by atoms with Gasteiger partial charge in [0.15, 0.2) is 0 Å². The van der Waals surface area contributed by atoms with Crippen molar-refractivity contribution in [2.75, 3.05) is 0 Å². The molecule has 1 fully saturated rings. The minimum atomic E-state index is 0.158. The van der Waals surface area contributed by atoms with E-state index in [-0.39, 0.29) is 23.9 Å². The highest BCUT2D eigenvalue weighted by atomic mass is 16.1. The number of rotatable bonds is 2. The average molecular weight is 184 g/mol. The first-order chi connectivity index (χ1) is 6.09. The minimum absolute atomic E-state index is 0.158. The van der Waals surface area contributed by atoms with Gasteiger partial charge in [0, 0.05) is 18.0 Å². The van der Waals surface area contributed by atoms with Crippen LogP contribution in [0.15, 0.2) is 0 Å². The third-order valence-corrected chi connectivity index (χ3v) is 2.52. The first-order valence-electron chi connectivity index (χ1n) is 5.15. The van der Waals surface area contributed by atoms with E-state index in [4.69, 9.17) is 5.73 Å². The highest BCUT2D eigenvalue weighted by molar-refractivity contribution is 5.79. The van der Waals surface area contributed by atoms with Gasteiger partial charge < -0.3 is 11.1 Å². The summed E-state index contributed by atoms with van der Waals surface area (Å²) < 4.78 is 0. The summed E-state index contributed by atoms with van der Waals surface area (Å²) in [4.78, 5) is 11.6. The molecule has 0 radical (unpaired) electrons. The van der Waals surface area contributed by atoms with E-state index in [1.165, 1.54) is 0 Å². The summed E-state index contributed by atoms with van der Waals surface area (Å²) in [6.45, 7) is 3.97. The fourth-order valence-electron chi connectivity index (χ4n) is 1.87. The van der Waals surface area contributed by atoms with Gasteiger partial charge in [0.2, 0.25) is 5.91 Å². The number of nitrogens with one attached hydrogen (secondary N) is 1. The second-order valence-electron chi connectivity index (χ2n) is 4.29. The molecule has 1 rings (SSSR count). The van der Waals surface area contributed by atoms with E-state index in [9.17, 15) is 4.79 Å². The maximum Gasteiger partial charge on any atom is 0.223 e. The average Bonchev–Trinajstić information content (AvgIpc) is 2.03. The summed E-state index contributed by atoms with van der Waals surface area (Å²) in [6.07, 6.45) is 4.04. The maximum atomic E-state index is 11.6. The molecule has 3 N–H and O–H groups in total. The lowest BCUT2D eigenvalue weighted by Crippen LogP contribution is -2.40. The first-order valence-corrected chi connectivity index (χ1v) is 5.15. The molecule has 0 spiro atoms. The molecule has 76 valence electrons. The van der Waals surface area contributed by atoms with Crippen LogP contribution in [-0.4, -0.2) is 18.0 Å². The van der Waals surface area contributed by atoms with E-state index < -0.39 is 0 Å². The molecular formula is C10H20N2O. The number of carbonyl (C=O) groups is 1. The molecule has 0 aromatic rings. The normalized spacial score (nSPS) is 28.9. The predicted molar refractivity (Wildman–Crippen MR) is 53.2 cm³/mol. The molecule has 1 amide bonds. The molecule has 0 saturated heterocycles. The molecule has 1 saturated carbocycles. The van der Waals surface area contributed by atoms with Crippen LogP contribution in [0.4, 0.5) is 0 Å². The minimum Gasteiger partial charge on any atom is -0.354 e. The van der Waals surface area contributed by atoms with E-state index in [2.05, 4.69) is 5.32 Å². The summed E-state index contributed by atoms with van der Waals surface area (Å²) in [5.74, 6) is 0.344. The fraction of sp³-hybridized carbons (Fsp3) is 0.900. The summed E-state index contributed by atoms with van der Waals surface area (Å²) in [5.41, 5.74) is 5.81. The van der Waals surface area contributed by atoms with Gasteiger partial charge in [-0.05, 0) is 33.1 Å². The fourth-order valence-corrected chi connectivity index (χ4v) is 1.87. The van der Waals surface area contributed by atoms with Gasteiger partial charge >= 0.3 is 0 Å². The SMILES string of the molecule is CC(C)NC(=O)[C@@H]1CCC[C@@H](N)C1. The Bertz CT molecular complexity index is 180. The molecule has 0 bridgehead atoms. The number of hydrogen-bond donors (Lipinski definition) is 2. The zero-order valence-electron chi connectivity index (χ0n) is 8.55. The van der Waals surface area contributed by atoms with Gasteiger partial charge in [-0.15, -0.1) is 0 Å². The first kappa shape index (κ1) is 10.5. The Hall–Kier alpha value is -0.570. The van der Waals surface area contributed by atoms with Crippen LogP contribution in [0.2, 0.25) is 0 Å². The molecule has 1 aliphatic rings. The van der Waals surface area contributed by atoms with Crippen LogP contribution in [0.1, 0.15) is 39.5 Å². The Morgan fingerprint density at radius 2 is 2.15 bits per heavy atom. The van der Waals surface area contributed by atoms with E-state index in [1.807, 2.05) is 13.8 Å². The monoisotopic (exact) mass is 184 g/mol. The van der Waals surface area contributed by atoms with Crippen LogP contribution in [0.5, 0.6) is 0 Å². The molecule has 1 aliphatic carbocycles. The van der Waals surface area contributed by atoms with Gasteiger partial charge in [-0.25, -0.2) is 0 Å². The van der Waals surface area contributed by atoms with Crippen LogP contribution in [0.3, 0.4) is 0 Å². The Labute approximate surface area is 80.1 Å². The van der Waals surface area contributed by atoms with Gasteiger partial charge in [0.1, 0.15) is 0 Å². The third kappa shape index (κ3) is 3.35. The van der Waals surface area contributed by atoms with Crippen LogP contribution in [-0.2, 0) is 4.79 Å². The summed E-state index contributed by atoms with van der Waals surface area (Å²) >= 11 is 0. The van der Waals surface area contributed by atoms with Crippen LogP contribution >= 0.6 is 0 Å². The van der Waals surface area contributed by atoms with Crippen molar-refractivity contribution in [1.29, 1.82) is 0 Å². The van der Waals surface area contributed by atoms with E-state index in [1.54, 1.807) is 0 Å². The zero-order chi connectivity index (χ0) is 9.84. The van der Waals surface area contributed by atoms with Crippen molar-refractivity contribution >= 4 is 5.91 Å². The number of amides is 1. The van der Waals surface area contributed by atoms with Crippen molar-refractivity contribution < 1.29 is 4.79 Å². The van der Waals surface area contributed by atoms with Crippen molar-refractivity contribution in [3.63, 3.8) is 0 Å². The van der Waals surface area contributed by atoms with Gasteiger partial charge in [-0.1, -0.05) is 6.42 Å². The van der Waals surface area contributed by atoms with Crippen molar-refractivity contribution in [2.24, 2.45) is 11.7 Å². The molecule has 2 atom stereocenters. The number of hydrogen-bond acceptors (Lipinski definition) is 2. The van der Waals surface area contributed by atoms with E-state index >= 15 is 0 Å². The number of carbonyl (C=O) groups excluding carboxylic acids is 1. The lowest BCUT2D eigenvalue weighted by molar-refractivity contribution is -0.126. The lowest BCUT2D eigenvalue weighted by atomic mass is 9.85. The molecule has 0 heterocycles. The molecule has 0 unspecified atom stereocenters. The predicted octanol–water partition coefficient (Wildman–Crippen LogP) is 1.03. The Kier molecular flexibility index (Phi) is 3.72. The molecule has 3 nitrogen and oxygen atoms in total. The van der Waals surface area contributed by atoms with Crippen molar-refractivity contribution in [3.8, 4) is 0 Å². The number of nitrogens with two attached hydrogens (primary N) is 1. The maximum absolute atomic E-state index is 11.6. The molecule has 0 aromatic carbocycles. The second kappa shape index (κ2) is 4.61. The molecule has 13 heavy (non-hydrogen) atoms. The topological polar surface area (TPSA) is 55.1 Å². The van der Waals surface area contributed by atoms with Crippen LogP contribution in [0.25, 0.3) is 0 Å². The second-order valence-corrected chi connectivity index (χ2v) is 4.29. The highest BCUT2D eigenvalue weighted by Gasteiger charge is 2.25. The van der Waals surface area contributed by atoms with Crippen molar-refractivity contribution in [3.05, 3.63) is 0 Å². The Morgan fingerprint density at radius 3 is 2.69 bits per heavy atom. The summed E-state index contributed by atoms with van der Waals surface area (Å²) in [6, 6.07) is 0.474. The van der Waals surface area contributed by atoms with Gasteiger partial charge in [-0.2, -0.15) is 0 Å². The largest absolute Gasteiger partial charge is 0.354 e. The quantitative estimate of drug-likeness (QED) is 0.673. The van der Waals surface area contributed by atoms with Gasteiger partial charge in [-0.3, -0.25) is 4.79 Å². The Balaban J connectivity index is 2.37. The van der Waals surface area contributed by atoms with Crippen LogP contribution in [0, 0.1) is 5.92 Å². The summed E-state index contributed by atoms with van der Waals surface area (Å²) in [7, 11) is 0. The third-order valence-electron chi connectivity index (χ3n) is 2.52. The standard InChI is InChI=1S/C10H20N2O/c1-7(2)12-10(13)8-4-3-5-9(11)6-8/h7-9H,3-6,11H2,1-2H3,(H,12,13)/t8-,9-/m1/s1. The van der Waals surface area contributed by atoms with Crippen molar-refractivity contribution in [1.82, 2.24) is 5.32 Å². The van der Waals surface area contributed by atoms with Gasteiger partial charge in [0.05, 0.1) is 0 Å². The Morgan fingerprint density at radius 1 is 1.46 bits per heavy atom. The molecule has 0 aromatic heterocycles.